The second-order valence-corrected chi connectivity index (χ2v) is 7.41. The van der Waals surface area contributed by atoms with Crippen LogP contribution in [0.1, 0.15) is 43.5 Å². The topological polar surface area (TPSA) is 175 Å². The van der Waals surface area contributed by atoms with Gasteiger partial charge in [0.05, 0.1) is 23.9 Å². The summed E-state index contributed by atoms with van der Waals surface area (Å²) in [6, 6.07) is 4.58. The SMILES string of the molecule is CCCC[C@@](C)(CO)Nc1nc(N)nc2cc(F)cnc12.O=C(O)c1cc(O)ccc1O. The molecule has 0 saturated carbocycles. The number of carboxylic acids is 1. The van der Waals surface area contributed by atoms with E-state index < -0.39 is 17.3 Å². The number of carbonyl (C=O) groups is 1. The number of fused-ring (bicyclic) bond motifs is 1. The van der Waals surface area contributed by atoms with Crippen molar-refractivity contribution in [1.82, 2.24) is 15.0 Å². The van der Waals surface area contributed by atoms with E-state index >= 15 is 0 Å². The molecular weight excluding hydrogens is 421 g/mol. The molecule has 0 aliphatic heterocycles. The Labute approximate surface area is 183 Å². The molecule has 172 valence electrons. The highest BCUT2D eigenvalue weighted by Gasteiger charge is 2.24. The summed E-state index contributed by atoms with van der Waals surface area (Å²) < 4.78 is 13.2. The summed E-state index contributed by atoms with van der Waals surface area (Å²) >= 11 is 0. The molecule has 1 atom stereocenters. The molecule has 0 aliphatic rings. The van der Waals surface area contributed by atoms with E-state index in [2.05, 4.69) is 27.2 Å². The van der Waals surface area contributed by atoms with Crippen molar-refractivity contribution in [3.05, 3.63) is 41.8 Å². The van der Waals surface area contributed by atoms with Gasteiger partial charge in [-0.25, -0.2) is 19.2 Å². The zero-order valence-corrected chi connectivity index (χ0v) is 17.7. The molecule has 0 unspecified atom stereocenters. The van der Waals surface area contributed by atoms with Crippen LogP contribution in [0.5, 0.6) is 11.5 Å². The lowest BCUT2D eigenvalue weighted by Crippen LogP contribution is -2.39. The fourth-order valence-corrected chi connectivity index (χ4v) is 2.83. The highest BCUT2D eigenvalue weighted by Crippen LogP contribution is 2.25. The number of aromatic nitrogens is 3. The summed E-state index contributed by atoms with van der Waals surface area (Å²) in [5.74, 6) is -1.84. The average molecular weight is 447 g/mol. The standard InChI is InChI=1S/C14H20FN5O.C7H6O4/c1-3-4-5-14(2,8-21)20-12-11-10(18-13(16)19-12)6-9(15)7-17-11;8-4-1-2-6(9)5(3-4)7(10)11/h6-7,21H,3-5,8H2,1-2H3,(H3,16,18,19,20);1-3,8-9H,(H,10,11)/t14-;/m0./s1. The van der Waals surface area contributed by atoms with Gasteiger partial charge in [-0.15, -0.1) is 0 Å². The molecule has 0 fully saturated rings. The first kappa shape index (κ1) is 24.5. The third kappa shape index (κ3) is 6.38. The summed E-state index contributed by atoms with van der Waals surface area (Å²) in [5, 5.41) is 39.0. The fourth-order valence-electron chi connectivity index (χ4n) is 2.83. The number of halogens is 1. The van der Waals surface area contributed by atoms with E-state index in [0.29, 0.717) is 16.9 Å². The second-order valence-electron chi connectivity index (χ2n) is 7.41. The molecule has 2 heterocycles. The summed E-state index contributed by atoms with van der Waals surface area (Å²) in [7, 11) is 0. The first-order valence-electron chi connectivity index (χ1n) is 9.81. The number of nitrogens with two attached hydrogens (primary N) is 1. The number of nitrogen functional groups attached to an aromatic ring is 1. The van der Waals surface area contributed by atoms with Crippen molar-refractivity contribution >= 4 is 28.8 Å². The molecule has 11 heteroatoms. The van der Waals surface area contributed by atoms with Crippen LogP contribution in [-0.2, 0) is 0 Å². The number of rotatable bonds is 7. The number of aromatic carboxylic acids is 1. The number of unbranched alkanes of at least 4 members (excludes halogenated alkanes) is 1. The lowest BCUT2D eigenvalue weighted by molar-refractivity contribution is 0.0693. The highest BCUT2D eigenvalue weighted by molar-refractivity contribution is 5.91. The monoisotopic (exact) mass is 447 g/mol. The van der Waals surface area contributed by atoms with Crippen LogP contribution >= 0.6 is 0 Å². The molecule has 32 heavy (non-hydrogen) atoms. The minimum atomic E-state index is -1.27. The van der Waals surface area contributed by atoms with Crippen LogP contribution in [-0.4, -0.2) is 53.5 Å². The van der Waals surface area contributed by atoms with E-state index in [4.69, 9.17) is 21.1 Å². The molecule has 3 rings (SSSR count). The van der Waals surface area contributed by atoms with Gasteiger partial charge in [0.2, 0.25) is 5.95 Å². The van der Waals surface area contributed by atoms with Crippen molar-refractivity contribution in [3.8, 4) is 11.5 Å². The Bertz CT molecular complexity index is 1090. The normalized spacial score (nSPS) is 12.5. The van der Waals surface area contributed by atoms with Crippen LogP contribution < -0.4 is 11.1 Å². The number of carboxylic acid groups (broad SMARTS) is 1. The molecule has 0 saturated heterocycles. The van der Waals surface area contributed by atoms with Crippen molar-refractivity contribution in [3.63, 3.8) is 0 Å². The molecule has 1 aromatic carbocycles. The summed E-state index contributed by atoms with van der Waals surface area (Å²) in [5.41, 5.74) is 5.58. The Kier molecular flexibility index (Phi) is 8.08. The number of nitrogens with one attached hydrogen (secondary N) is 1. The van der Waals surface area contributed by atoms with Crippen LogP contribution in [0, 0.1) is 5.82 Å². The van der Waals surface area contributed by atoms with E-state index in [-0.39, 0.29) is 29.6 Å². The molecule has 2 aromatic heterocycles. The van der Waals surface area contributed by atoms with Crippen LogP contribution in [0.2, 0.25) is 0 Å². The lowest BCUT2D eigenvalue weighted by Gasteiger charge is -2.29. The number of hydrogen-bond acceptors (Lipinski definition) is 9. The van der Waals surface area contributed by atoms with E-state index in [1.807, 2.05) is 6.92 Å². The molecule has 0 amide bonds. The van der Waals surface area contributed by atoms with Crippen molar-refractivity contribution in [2.45, 2.75) is 38.6 Å². The van der Waals surface area contributed by atoms with Gasteiger partial charge in [-0.2, -0.15) is 4.98 Å². The van der Waals surface area contributed by atoms with Gasteiger partial charge in [0.15, 0.2) is 5.82 Å². The average Bonchev–Trinajstić information content (AvgIpc) is 2.74. The van der Waals surface area contributed by atoms with E-state index in [0.717, 1.165) is 37.6 Å². The molecule has 0 spiro atoms. The van der Waals surface area contributed by atoms with E-state index in [1.165, 1.54) is 12.1 Å². The van der Waals surface area contributed by atoms with Gasteiger partial charge in [0.1, 0.15) is 28.4 Å². The Morgan fingerprint density at radius 2 is 1.97 bits per heavy atom. The number of anilines is 2. The number of pyridine rings is 1. The molecule has 0 aliphatic carbocycles. The Balaban J connectivity index is 0.000000278. The number of aromatic hydroxyl groups is 2. The smallest absolute Gasteiger partial charge is 0.339 e. The number of aliphatic hydroxyl groups excluding tert-OH is 1. The number of hydrogen-bond donors (Lipinski definition) is 6. The summed E-state index contributed by atoms with van der Waals surface area (Å²) in [6.45, 7) is 3.93. The van der Waals surface area contributed by atoms with Gasteiger partial charge in [0, 0.05) is 6.07 Å². The van der Waals surface area contributed by atoms with Crippen LogP contribution in [0.15, 0.2) is 30.5 Å². The maximum Gasteiger partial charge on any atom is 0.339 e. The largest absolute Gasteiger partial charge is 0.508 e. The quantitative estimate of drug-likeness (QED) is 0.295. The van der Waals surface area contributed by atoms with Crippen LogP contribution in [0.3, 0.4) is 0 Å². The molecule has 7 N–H and O–H groups in total. The third-order valence-corrected chi connectivity index (χ3v) is 4.58. The maximum absolute atomic E-state index is 13.2. The molecule has 10 nitrogen and oxygen atoms in total. The van der Waals surface area contributed by atoms with Crippen LogP contribution in [0.25, 0.3) is 11.0 Å². The minimum Gasteiger partial charge on any atom is -0.508 e. The van der Waals surface area contributed by atoms with Crippen molar-refractivity contribution < 1.29 is 29.6 Å². The van der Waals surface area contributed by atoms with Gasteiger partial charge < -0.3 is 31.5 Å². The Morgan fingerprint density at radius 1 is 1.25 bits per heavy atom. The summed E-state index contributed by atoms with van der Waals surface area (Å²) in [4.78, 5) is 22.4. The molecular formula is C21H26FN5O5. The van der Waals surface area contributed by atoms with Gasteiger partial charge in [-0.3, -0.25) is 0 Å². The van der Waals surface area contributed by atoms with E-state index in [9.17, 15) is 14.3 Å². The highest BCUT2D eigenvalue weighted by atomic mass is 19.1. The molecule has 0 bridgehead atoms. The zero-order chi connectivity index (χ0) is 23.9. The Morgan fingerprint density at radius 3 is 2.56 bits per heavy atom. The lowest BCUT2D eigenvalue weighted by atomic mass is 9.96. The predicted molar refractivity (Wildman–Crippen MR) is 117 cm³/mol. The van der Waals surface area contributed by atoms with Gasteiger partial charge in [-0.05, 0) is 31.5 Å². The van der Waals surface area contributed by atoms with Gasteiger partial charge in [0.25, 0.3) is 0 Å². The minimum absolute atomic E-state index is 0.0354. The predicted octanol–water partition coefficient (Wildman–Crippen LogP) is 2.90. The molecule has 3 aromatic rings. The first-order valence-corrected chi connectivity index (χ1v) is 9.81. The van der Waals surface area contributed by atoms with Crippen molar-refractivity contribution in [2.24, 2.45) is 0 Å². The molecule has 0 radical (unpaired) electrons. The van der Waals surface area contributed by atoms with E-state index in [1.54, 1.807) is 0 Å². The van der Waals surface area contributed by atoms with Gasteiger partial charge in [-0.1, -0.05) is 19.8 Å². The summed E-state index contributed by atoms with van der Waals surface area (Å²) in [6.07, 6.45) is 3.86. The van der Waals surface area contributed by atoms with Crippen LogP contribution in [0.4, 0.5) is 16.2 Å². The van der Waals surface area contributed by atoms with Crippen molar-refractivity contribution in [2.75, 3.05) is 17.7 Å². The Hall–Kier alpha value is -3.73. The van der Waals surface area contributed by atoms with Crippen molar-refractivity contribution in [1.29, 1.82) is 0 Å². The maximum atomic E-state index is 13.2. The fraction of sp³-hybridized carbons (Fsp3) is 0.333. The number of phenolic OH excluding ortho intramolecular Hbond substituents is 1. The number of phenols is 2. The third-order valence-electron chi connectivity index (χ3n) is 4.58. The zero-order valence-electron chi connectivity index (χ0n) is 17.7. The first-order chi connectivity index (χ1) is 15.1. The number of nitrogens with zero attached hydrogens (tertiary/aromatic N) is 3. The van der Waals surface area contributed by atoms with Gasteiger partial charge >= 0.3 is 5.97 Å². The number of benzene rings is 1. The second kappa shape index (κ2) is 10.5. The number of aliphatic hydroxyl groups is 1.